The topological polar surface area (TPSA) is 66.9 Å². The van der Waals surface area contributed by atoms with E-state index in [2.05, 4.69) is 20.6 Å². The molecule has 7 heteroatoms. The van der Waals surface area contributed by atoms with Crippen LogP contribution in [-0.2, 0) is 6.54 Å². The summed E-state index contributed by atoms with van der Waals surface area (Å²) in [4.78, 5) is 20.6. The van der Waals surface area contributed by atoms with Crippen molar-refractivity contribution in [1.82, 2.24) is 15.3 Å². The van der Waals surface area contributed by atoms with Crippen molar-refractivity contribution in [3.63, 3.8) is 0 Å². The molecule has 1 aromatic carbocycles. The van der Waals surface area contributed by atoms with Gasteiger partial charge in [-0.15, -0.1) is 11.3 Å². The molecular weight excluding hydrogens is 332 g/mol. The van der Waals surface area contributed by atoms with Crippen molar-refractivity contribution in [1.29, 1.82) is 0 Å². The Kier molecular flexibility index (Phi) is 4.85. The van der Waals surface area contributed by atoms with Crippen molar-refractivity contribution >= 4 is 34.7 Å². The maximum absolute atomic E-state index is 11.9. The third-order valence-corrected chi connectivity index (χ3v) is 4.13. The zero-order valence-electron chi connectivity index (χ0n) is 12.0. The maximum Gasteiger partial charge on any atom is 0.319 e. The largest absolute Gasteiger partial charge is 0.332 e. The van der Waals surface area contributed by atoms with E-state index in [9.17, 15) is 4.79 Å². The normalized spacial score (nSPS) is 10.3. The van der Waals surface area contributed by atoms with Crippen LogP contribution in [0.1, 0.15) is 5.69 Å². The Morgan fingerprint density at radius 3 is 2.74 bits per heavy atom. The number of halogens is 1. The molecule has 2 N–H and O–H groups in total. The summed E-state index contributed by atoms with van der Waals surface area (Å²) in [5, 5.41) is 8.87. The second-order valence-electron chi connectivity index (χ2n) is 4.67. The van der Waals surface area contributed by atoms with E-state index in [1.165, 1.54) is 11.3 Å². The lowest BCUT2D eigenvalue weighted by molar-refractivity contribution is 0.251. The molecule has 5 nitrogen and oxygen atoms in total. The summed E-state index contributed by atoms with van der Waals surface area (Å²) in [6, 6.07) is 12.3. The van der Waals surface area contributed by atoms with E-state index in [1.807, 2.05) is 23.6 Å². The van der Waals surface area contributed by atoms with Gasteiger partial charge in [0.1, 0.15) is 5.01 Å². The zero-order valence-corrected chi connectivity index (χ0v) is 13.6. The minimum absolute atomic E-state index is 0.292. The van der Waals surface area contributed by atoms with E-state index in [-0.39, 0.29) is 6.03 Å². The number of benzene rings is 1. The van der Waals surface area contributed by atoms with E-state index in [1.54, 1.807) is 30.5 Å². The molecule has 0 radical (unpaired) electrons. The first-order chi connectivity index (χ1) is 11.2. The Labute approximate surface area is 142 Å². The number of nitrogens with zero attached hydrogens (tertiary/aromatic N) is 2. The number of aromatic nitrogens is 2. The molecule has 2 aromatic heterocycles. The number of carbonyl (C=O) groups excluding carboxylic acids is 1. The highest BCUT2D eigenvalue weighted by atomic mass is 35.5. The van der Waals surface area contributed by atoms with Crippen LogP contribution in [0.15, 0.2) is 54.0 Å². The highest BCUT2D eigenvalue weighted by Crippen LogP contribution is 2.21. The number of hydrogen-bond acceptors (Lipinski definition) is 4. The van der Waals surface area contributed by atoms with Crippen LogP contribution in [0.25, 0.3) is 10.7 Å². The monoisotopic (exact) mass is 344 g/mol. The lowest BCUT2D eigenvalue weighted by atomic mass is 10.3. The van der Waals surface area contributed by atoms with Gasteiger partial charge in [-0.3, -0.25) is 4.98 Å². The molecule has 0 bridgehead atoms. The molecule has 0 aliphatic rings. The number of hydrogen-bond donors (Lipinski definition) is 2. The van der Waals surface area contributed by atoms with Gasteiger partial charge in [0.05, 0.1) is 17.9 Å². The zero-order chi connectivity index (χ0) is 16.1. The summed E-state index contributed by atoms with van der Waals surface area (Å²) in [5.41, 5.74) is 2.30. The Morgan fingerprint density at radius 2 is 2.00 bits per heavy atom. The van der Waals surface area contributed by atoms with E-state index in [0.717, 1.165) is 16.4 Å². The average molecular weight is 345 g/mol. The molecule has 116 valence electrons. The summed E-state index contributed by atoms with van der Waals surface area (Å²) in [6.07, 6.45) is 1.73. The molecule has 0 atom stereocenters. The summed E-state index contributed by atoms with van der Waals surface area (Å²) in [6.45, 7) is 0.350. The van der Waals surface area contributed by atoms with E-state index < -0.39 is 0 Å². The summed E-state index contributed by atoms with van der Waals surface area (Å²) < 4.78 is 0. The lowest BCUT2D eigenvalue weighted by Gasteiger charge is -2.06. The van der Waals surface area contributed by atoms with Crippen LogP contribution in [0.3, 0.4) is 0 Å². The van der Waals surface area contributed by atoms with Gasteiger partial charge in [0, 0.05) is 22.3 Å². The Morgan fingerprint density at radius 1 is 1.17 bits per heavy atom. The molecule has 2 heterocycles. The van der Waals surface area contributed by atoms with Crippen molar-refractivity contribution in [3.8, 4) is 10.7 Å². The molecule has 2 amide bonds. The number of thiazole rings is 1. The summed E-state index contributed by atoms with van der Waals surface area (Å²) >= 11 is 7.30. The number of carbonyl (C=O) groups is 1. The first-order valence-electron chi connectivity index (χ1n) is 6.87. The molecule has 0 saturated carbocycles. The molecule has 0 aliphatic carbocycles. The lowest BCUT2D eigenvalue weighted by Crippen LogP contribution is -2.28. The number of pyridine rings is 1. The molecule has 3 rings (SSSR count). The van der Waals surface area contributed by atoms with Gasteiger partial charge in [-0.1, -0.05) is 17.7 Å². The van der Waals surface area contributed by atoms with Crippen LogP contribution < -0.4 is 10.6 Å². The Balaban J connectivity index is 1.55. The molecule has 0 aliphatic heterocycles. The first kappa shape index (κ1) is 15.5. The predicted octanol–water partition coefficient (Wildman–Crippen LogP) is 4.18. The highest BCUT2D eigenvalue weighted by molar-refractivity contribution is 7.13. The maximum atomic E-state index is 11.9. The molecule has 23 heavy (non-hydrogen) atoms. The van der Waals surface area contributed by atoms with Crippen molar-refractivity contribution in [2.24, 2.45) is 0 Å². The van der Waals surface area contributed by atoms with Crippen LogP contribution in [0.5, 0.6) is 0 Å². The van der Waals surface area contributed by atoms with Gasteiger partial charge in [-0.2, -0.15) is 0 Å². The van der Waals surface area contributed by atoms with Crippen LogP contribution in [0.4, 0.5) is 10.5 Å². The first-order valence-corrected chi connectivity index (χ1v) is 8.13. The second-order valence-corrected chi connectivity index (χ2v) is 5.97. The van der Waals surface area contributed by atoms with Crippen LogP contribution in [-0.4, -0.2) is 16.0 Å². The van der Waals surface area contributed by atoms with Crippen molar-refractivity contribution in [3.05, 3.63) is 64.8 Å². The number of amides is 2. The van der Waals surface area contributed by atoms with Gasteiger partial charge in [0.25, 0.3) is 0 Å². The average Bonchev–Trinajstić information content (AvgIpc) is 3.05. The van der Waals surface area contributed by atoms with Gasteiger partial charge >= 0.3 is 6.03 Å². The number of rotatable bonds is 4. The molecule has 3 aromatic rings. The fourth-order valence-corrected chi connectivity index (χ4v) is 2.80. The van der Waals surface area contributed by atoms with Crippen LogP contribution in [0.2, 0.25) is 5.02 Å². The fraction of sp³-hybridized carbons (Fsp3) is 0.0625. The molecular formula is C16H13ClN4OS. The smallest absolute Gasteiger partial charge is 0.319 e. The number of urea groups is 1. The molecule has 0 spiro atoms. The molecule has 0 saturated heterocycles. The quantitative estimate of drug-likeness (QED) is 0.746. The Hall–Kier alpha value is -2.44. The molecule has 0 unspecified atom stereocenters. The van der Waals surface area contributed by atoms with Gasteiger partial charge < -0.3 is 10.6 Å². The van der Waals surface area contributed by atoms with Crippen LogP contribution >= 0.6 is 22.9 Å². The summed E-state index contributed by atoms with van der Waals surface area (Å²) in [5.74, 6) is 0. The molecule has 0 fully saturated rings. The fourth-order valence-electron chi connectivity index (χ4n) is 1.87. The predicted molar refractivity (Wildman–Crippen MR) is 92.7 cm³/mol. The van der Waals surface area contributed by atoms with Crippen molar-refractivity contribution in [2.75, 3.05) is 5.32 Å². The standard InChI is InChI=1S/C16H13ClN4OS/c17-11-4-6-12(7-5-11)21-16(22)19-9-13-10-23-15(20-13)14-3-1-2-8-18-14/h1-8,10H,9H2,(H2,19,21,22). The van der Waals surface area contributed by atoms with Crippen molar-refractivity contribution in [2.45, 2.75) is 6.54 Å². The number of nitrogens with one attached hydrogen (secondary N) is 2. The van der Waals surface area contributed by atoms with Gasteiger partial charge in [-0.05, 0) is 36.4 Å². The summed E-state index contributed by atoms with van der Waals surface area (Å²) in [7, 11) is 0. The number of anilines is 1. The highest BCUT2D eigenvalue weighted by Gasteiger charge is 2.07. The minimum atomic E-state index is -0.292. The van der Waals surface area contributed by atoms with Gasteiger partial charge in [0.15, 0.2) is 0 Å². The van der Waals surface area contributed by atoms with Crippen molar-refractivity contribution < 1.29 is 4.79 Å². The third-order valence-electron chi connectivity index (χ3n) is 2.97. The Bertz CT molecular complexity index is 789. The van der Waals surface area contributed by atoms with E-state index in [0.29, 0.717) is 17.3 Å². The third kappa shape index (κ3) is 4.28. The van der Waals surface area contributed by atoms with Crippen LogP contribution in [0, 0.1) is 0 Å². The minimum Gasteiger partial charge on any atom is -0.332 e. The van der Waals surface area contributed by atoms with Gasteiger partial charge in [0.2, 0.25) is 0 Å². The SMILES string of the molecule is O=C(NCc1csc(-c2ccccn2)n1)Nc1ccc(Cl)cc1. The van der Waals surface area contributed by atoms with Gasteiger partial charge in [-0.25, -0.2) is 9.78 Å². The van der Waals surface area contributed by atoms with E-state index in [4.69, 9.17) is 11.6 Å². The van der Waals surface area contributed by atoms with E-state index >= 15 is 0 Å². The second kappa shape index (κ2) is 7.21.